The largest absolute Gasteiger partial charge is 0.726 e. The predicted octanol–water partition coefficient (Wildman–Crippen LogP) is 9.77. The van der Waals surface area contributed by atoms with Gasteiger partial charge in [-0.3, -0.25) is 4.18 Å². The molecule has 0 saturated heterocycles. The molecule has 0 aromatic heterocycles. The Labute approximate surface area is 357 Å². The van der Waals surface area contributed by atoms with Gasteiger partial charge in [0.15, 0.2) is 0 Å². The third kappa shape index (κ3) is 124. The number of carboxylic acid groups (broad SMARTS) is 2. The maximum atomic E-state index is 10.2. The second-order valence-corrected chi connectivity index (χ2v) is 14.1. The Bertz CT molecular complexity index is 810. The number of aliphatic carboxylic acids is 2. The van der Waals surface area contributed by atoms with Gasteiger partial charge in [0, 0.05) is 31.8 Å². The normalized spacial score (nSPS) is 9.90. The lowest BCUT2D eigenvalue weighted by Gasteiger charge is -2.01. The lowest BCUT2D eigenvalue weighted by molar-refractivity contribution is -0.307. The summed E-state index contributed by atoms with van der Waals surface area (Å²) in [5.74, 6) is -1.83. The summed E-state index contributed by atoms with van der Waals surface area (Å²) in [7, 11) is -3.60. The molecule has 58 heavy (non-hydrogen) atoms. The molecule has 0 atom stereocenters. The molecular formula is C43H99N3O11S. The van der Waals surface area contributed by atoms with Crippen LogP contribution >= 0.6 is 0 Å². The minimum atomic E-state index is -4.41. The van der Waals surface area contributed by atoms with Crippen molar-refractivity contribution in [2.75, 3.05) is 26.9 Å². The molecule has 0 radical (unpaired) electrons. The molecule has 0 saturated carbocycles. The monoisotopic (exact) mass is 866 g/mol. The summed E-state index contributed by atoms with van der Waals surface area (Å²) in [6.45, 7) is 10.3. The number of quaternary nitrogens is 3. The first kappa shape index (κ1) is 76.7. The summed E-state index contributed by atoms with van der Waals surface area (Å²) in [6, 6.07) is 0. The average molecular weight is 866 g/mol. The predicted molar refractivity (Wildman–Crippen MR) is 242 cm³/mol. The molecule has 0 fully saturated rings. The zero-order chi connectivity index (χ0) is 43.1. The standard InChI is InChI=1S/2C18H34O2.3C2H6O.CH4O4S.3H3N/c2*1-2-3-4-5-6-7-8-9-10-11-12-13-14-15-16-17-18(19)20;3*1-2-3;1-5-6(2,3)4;;;/h2*9-10H,2-8,11-17H2,1H3,(H,19,20);3*3H,2H2,1H3;1H3,(H,2,3,4);3*1H3/b2*10-9-;;;;;;;. The van der Waals surface area contributed by atoms with Gasteiger partial charge < -0.3 is 58.1 Å². The second kappa shape index (κ2) is 75.8. The Morgan fingerprint density at radius 1 is 0.448 bits per heavy atom. The van der Waals surface area contributed by atoms with Crippen LogP contribution in [0, 0.1) is 0 Å². The summed E-state index contributed by atoms with van der Waals surface area (Å²) in [4.78, 5) is 20.4. The van der Waals surface area contributed by atoms with E-state index in [2.05, 4.69) is 42.3 Å². The quantitative estimate of drug-likeness (QED) is 0.0165. The molecule has 0 rings (SSSR count). The molecule has 0 heterocycles. The summed E-state index contributed by atoms with van der Waals surface area (Å²) < 4.78 is 31.0. The first-order chi connectivity index (χ1) is 26.3. The average Bonchev–Trinajstić information content (AvgIpc) is 3.12. The van der Waals surface area contributed by atoms with Crippen molar-refractivity contribution in [2.24, 2.45) is 0 Å². The van der Waals surface area contributed by atoms with Crippen LogP contribution < -0.4 is 28.7 Å². The molecule has 358 valence electrons. The van der Waals surface area contributed by atoms with Crippen LogP contribution in [0.3, 0.4) is 0 Å². The van der Waals surface area contributed by atoms with Crippen LogP contribution in [0.1, 0.15) is 214 Å². The van der Waals surface area contributed by atoms with Gasteiger partial charge in [0.1, 0.15) is 0 Å². The molecular weight excluding hydrogens is 767 g/mol. The molecule has 0 aromatic rings. The van der Waals surface area contributed by atoms with Gasteiger partial charge in [0.2, 0.25) is 10.4 Å². The highest BCUT2D eigenvalue weighted by Crippen LogP contribution is 2.11. The van der Waals surface area contributed by atoms with Gasteiger partial charge in [-0.2, -0.15) is 0 Å². The van der Waals surface area contributed by atoms with Crippen molar-refractivity contribution in [1.82, 2.24) is 18.5 Å². The minimum Gasteiger partial charge on any atom is -0.726 e. The zero-order valence-electron chi connectivity index (χ0n) is 39.2. The molecule has 14 nitrogen and oxygen atoms in total. The number of carboxylic acids is 2. The summed E-state index contributed by atoms with van der Waals surface area (Å²) in [5.41, 5.74) is 0. The van der Waals surface area contributed by atoms with E-state index in [1.165, 1.54) is 128 Å². The van der Waals surface area contributed by atoms with Gasteiger partial charge in [-0.05, 0) is 97.8 Å². The molecule has 0 aliphatic heterocycles. The lowest BCUT2D eigenvalue weighted by Crippen LogP contribution is -2.21. The number of allylic oxidation sites excluding steroid dienone is 4. The van der Waals surface area contributed by atoms with E-state index >= 15 is 0 Å². The van der Waals surface area contributed by atoms with Crippen LogP contribution in [0.2, 0.25) is 0 Å². The van der Waals surface area contributed by atoms with Crippen LogP contribution in [0.15, 0.2) is 24.3 Å². The smallest absolute Gasteiger partial charge is 0.217 e. The molecule has 0 spiro atoms. The Morgan fingerprint density at radius 3 is 0.793 bits per heavy atom. The SMILES string of the molecule is CCCCCCCC/C=C\CCCCCCCC(=O)[O-].CCCCCCCC/C=C\CCCCCCCC(=O)[O-].CCO.CCO.CCO.COS(=O)(=O)[O-].[NH4+].[NH4+].[NH4+]. The number of carbonyl (C=O) groups excluding carboxylic acids is 2. The van der Waals surface area contributed by atoms with Gasteiger partial charge in [-0.15, -0.1) is 0 Å². The number of carbonyl (C=O) groups is 2. The van der Waals surface area contributed by atoms with Crippen molar-refractivity contribution >= 4 is 22.3 Å². The van der Waals surface area contributed by atoms with E-state index in [0.29, 0.717) is 0 Å². The van der Waals surface area contributed by atoms with Gasteiger partial charge in [-0.25, -0.2) is 8.42 Å². The number of hydrogen-bond donors (Lipinski definition) is 6. The summed E-state index contributed by atoms with van der Waals surface area (Å²) in [6.07, 6.45) is 41.8. The fraction of sp³-hybridized carbons (Fsp3) is 0.860. The van der Waals surface area contributed by atoms with E-state index in [1.807, 2.05) is 0 Å². The Kier molecular flexibility index (Phi) is 100. The zero-order valence-corrected chi connectivity index (χ0v) is 40.1. The Balaban J connectivity index is -0.0000000844. The molecule has 15 heteroatoms. The van der Waals surface area contributed by atoms with Crippen LogP contribution in [-0.4, -0.2) is 67.2 Å². The maximum Gasteiger partial charge on any atom is 0.217 e. The Hall–Kier alpha value is -1.95. The van der Waals surface area contributed by atoms with Crippen molar-refractivity contribution in [3.8, 4) is 0 Å². The first-order valence-corrected chi connectivity index (χ1v) is 22.7. The van der Waals surface area contributed by atoms with Crippen LogP contribution in [-0.2, 0) is 24.2 Å². The highest BCUT2D eigenvalue weighted by atomic mass is 32.3. The van der Waals surface area contributed by atoms with Gasteiger partial charge >= 0.3 is 0 Å². The van der Waals surface area contributed by atoms with E-state index in [1.54, 1.807) is 20.8 Å². The van der Waals surface area contributed by atoms with Crippen LogP contribution in [0.5, 0.6) is 0 Å². The lowest BCUT2D eigenvalue weighted by atomic mass is 10.1. The number of aliphatic hydroxyl groups excluding tert-OH is 3. The second-order valence-electron chi connectivity index (χ2n) is 12.9. The van der Waals surface area contributed by atoms with E-state index in [4.69, 9.17) is 15.3 Å². The van der Waals surface area contributed by atoms with E-state index in [-0.39, 0.29) is 51.1 Å². The first-order valence-electron chi connectivity index (χ1n) is 21.4. The molecule has 0 amide bonds. The molecule has 15 N–H and O–H groups in total. The van der Waals surface area contributed by atoms with Gasteiger partial charge in [0.25, 0.3) is 0 Å². The number of aliphatic hydroxyl groups is 3. The fourth-order valence-electron chi connectivity index (χ4n) is 4.68. The number of rotatable bonds is 31. The highest BCUT2D eigenvalue weighted by molar-refractivity contribution is 7.80. The molecule has 0 bridgehead atoms. The third-order valence-electron chi connectivity index (χ3n) is 7.49. The number of unbranched alkanes of at least 4 members (excludes halogenated alkanes) is 22. The topological polar surface area (TPSA) is 317 Å². The maximum absolute atomic E-state index is 10.2. The summed E-state index contributed by atoms with van der Waals surface area (Å²) >= 11 is 0. The number of hydrogen-bond acceptors (Lipinski definition) is 11. The van der Waals surface area contributed by atoms with Crippen molar-refractivity contribution in [2.45, 2.75) is 214 Å². The molecule has 0 aliphatic rings. The van der Waals surface area contributed by atoms with Crippen molar-refractivity contribution < 1.29 is 52.3 Å². The van der Waals surface area contributed by atoms with Crippen molar-refractivity contribution in [1.29, 1.82) is 0 Å². The Morgan fingerprint density at radius 2 is 0.621 bits per heavy atom. The summed E-state index contributed by atoms with van der Waals surface area (Å²) in [5, 5.41) is 43.1. The fourth-order valence-corrected chi connectivity index (χ4v) is 4.68. The molecule has 0 aliphatic carbocycles. The van der Waals surface area contributed by atoms with E-state index in [9.17, 15) is 32.8 Å². The van der Waals surface area contributed by atoms with Crippen LogP contribution in [0.4, 0.5) is 0 Å². The third-order valence-corrected chi connectivity index (χ3v) is 7.90. The molecule has 0 unspecified atom stereocenters. The van der Waals surface area contributed by atoms with E-state index in [0.717, 1.165) is 45.6 Å². The van der Waals surface area contributed by atoms with Gasteiger partial charge in [-0.1, -0.05) is 141 Å². The van der Waals surface area contributed by atoms with Crippen molar-refractivity contribution in [3.05, 3.63) is 24.3 Å². The molecule has 0 aromatic carbocycles. The van der Waals surface area contributed by atoms with Crippen molar-refractivity contribution in [3.63, 3.8) is 0 Å². The van der Waals surface area contributed by atoms with E-state index < -0.39 is 22.3 Å². The minimum absolute atomic E-state index is 0. The van der Waals surface area contributed by atoms with Gasteiger partial charge in [0.05, 0.1) is 7.11 Å². The highest BCUT2D eigenvalue weighted by Gasteiger charge is 1.93. The van der Waals surface area contributed by atoms with Crippen LogP contribution in [0.25, 0.3) is 0 Å².